The minimum atomic E-state index is -4.58. The molecule has 2 N–H and O–H groups in total. The highest BCUT2D eigenvalue weighted by atomic mass is 32.2. The van der Waals surface area contributed by atoms with E-state index in [2.05, 4.69) is 27.2 Å². The van der Waals surface area contributed by atoms with Gasteiger partial charge in [-0.1, -0.05) is 13.0 Å². The first-order valence-corrected chi connectivity index (χ1v) is 12.8. The molecule has 13 heteroatoms. The molecule has 1 fully saturated rings. The number of anilines is 3. The van der Waals surface area contributed by atoms with Gasteiger partial charge in [0.15, 0.2) is 5.03 Å². The van der Waals surface area contributed by atoms with Crippen LogP contribution in [0.4, 0.5) is 30.5 Å². The van der Waals surface area contributed by atoms with Gasteiger partial charge in [-0.2, -0.15) is 21.6 Å². The van der Waals surface area contributed by atoms with E-state index in [1.165, 1.54) is 24.3 Å². The summed E-state index contributed by atoms with van der Waals surface area (Å²) in [5.74, 6) is -0.0593. The molecule has 3 aromatic heterocycles. The number of aromatic nitrogens is 3. The van der Waals surface area contributed by atoms with E-state index in [9.17, 15) is 26.4 Å². The maximum absolute atomic E-state index is 13.1. The van der Waals surface area contributed by atoms with Crippen LogP contribution in [0.15, 0.2) is 59.9 Å². The number of alkyl halides is 3. The Labute approximate surface area is 212 Å². The van der Waals surface area contributed by atoms with Crippen molar-refractivity contribution in [2.45, 2.75) is 43.9 Å². The van der Waals surface area contributed by atoms with Gasteiger partial charge in [-0.15, -0.1) is 0 Å². The summed E-state index contributed by atoms with van der Waals surface area (Å²) in [5.41, 5.74) is -1.05. The summed E-state index contributed by atoms with van der Waals surface area (Å²) in [6.07, 6.45) is -1.19. The van der Waals surface area contributed by atoms with Crippen molar-refractivity contribution in [1.82, 2.24) is 19.7 Å². The Balaban J connectivity index is 1.54. The summed E-state index contributed by atoms with van der Waals surface area (Å²) in [4.78, 5) is 26.8. The molecule has 0 radical (unpaired) electrons. The zero-order chi connectivity index (χ0) is 27.0. The number of nitrogens with one attached hydrogen (secondary N) is 2. The van der Waals surface area contributed by atoms with E-state index in [-0.39, 0.29) is 22.6 Å². The Morgan fingerprint density at radius 2 is 1.86 bits per heavy atom. The number of rotatable bonds is 6. The molecule has 1 amide bonds. The van der Waals surface area contributed by atoms with Crippen LogP contribution in [0.25, 0.3) is 0 Å². The molecule has 4 heterocycles. The lowest BCUT2D eigenvalue weighted by molar-refractivity contribution is -0.141. The average molecular weight is 535 g/mol. The molecular formula is C24H25F3N6O3S. The fourth-order valence-electron chi connectivity index (χ4n) is 4.40. The molecule has 1 unspecified atom stereocenters. The third-order valence-corrected chi connectivity index (χ3v) is 7.14. The number of hydrogen-bond acceptors (Lipinski definition) is 8. The second-order valence-electron chi connectivity index (χ2n) is 9.46. The van der Waals surface area contributed by atoms with Gasteiger partial charge in [-0.25, -0.2) is 19.7 Å². The first kappa shape index (κ1) is 26.3. The molecule has 0 aliphatic carbocycles. The molecule has 4 rings (SSSR count). The molecule has 37 heavy (non-hydrogen) atoms. The van der Waals surface area contributed by atoms with Gasteiger partial charge in [0.2, 0.25) is 0 Å². The fourth-order valence-corrected chi connectivity index (χ4v) is 5.33. The highest BCUT2D eigenvalue weighted by molar-refractivity contribution is 7.90. The van der Waals surface area contributed by atoms with E-state index in [1.807, 2.05) is 23.5 Å². The van der Waals surface area contributed by atoms with Crippen LogP contribution < -0.4 is 14.9 Å². The lowest BCUT2D eigenvalue weighted by Crippen LogP contribution is -2.41. The monoisotopic (exact) mass is 534 g/mol. The fraction of sp³-hybridized carbons (Fsp3) is 0.333. The summed E-state index contributed by atoms with van der Waals surface area (Å²) in [6.45, 7) is 6.85. The van der Waals surface area contributed by atoms with E-state index < -0.39 is 32.8 Å². The van der Waals surface area contributed by atoms with Crippen molar-refractivity contribution in [3.63, 3.8) is 0 Å². The van der Waals surface area contributed by atoms with E-state index >= 15 is 0 Å². The molecule has 1 saturated heterocycles. The largest absolute Gasteiger partial charge is 0.433 e. The van der Waals surface area contributed by atoms with Gasteiger partial charge < -0.3 is 10.2 Å². The Hall–Kier alpha value is -3.74. The zero-order valence-corrected chi connectivity index (χ0v) is 21.1. The molecule has 3 aromatic rings. The van der Waals surface area contributed by atoms with E-state index in [0.717, 1.165) is 24.8 Å². The minimum absolute atomic E-state index is 0.0340. The third kappa shape index (κ3) is 5.82. The lowest BCUT2D eigenvalue weighted by atomic mass is 9.97. The Kier molecular flexibility index (Phi) is 6.84. The second-order valence-corrected chi connectivity index (χ2v) is 11.1. The van der Waals surface area contributed by atoms with Crippen LogP contribution >= 0.6 is 0 Å². The number of halogens is 3. The molecular weight excluding hydrogens is 509 g/mol. The summed E-state index contributed by atoms with van der Waals surface area (Å²) >= 11 is 0. The van der Waals surface area contributed by atoms with Crippen molar-refractivity contribution in [1.29, 1.82) is 0 Å². The summed E-state index contributed by atoms with van der Waals surface area (Å²) in [5, 5.41) is 2.25. The number of carbonyl (C=O) groups excluding carboxylic acids is 1. The second kappa shape index (κ2) is 9.61. The van der Waals surface area contributed by atoms with Crippen LogP contribution in [0.2, 0.25) is 0 Å². The van der Waals surface area contributed by atoms with Gasteiger partial charge in [0, 0.05) is 18.3 Å². The predicted molar refractivity (Wildman–Crippen MR) is 131 cm³/mol. The first-order chi connectivity index (χ1) is 17.3. The van der Waals surface area contributed by atoms with Crippen molar-refractivity contribution in [3.05, 3.63) is 66.1 Å². The number of carbonyl (C=O) groups is 1. The van der Waals surface area contributed by atoms with E-state index in [1.54, 1.807) is 12.3 Å². The minimum Gasteiger partial charge on any atom is -0.351 e. The molecule has 1 aliphatic rings. The van der Waals surface area contributed by atoms with Gasteiger partial charge in [-0.05, 0) is 62.6 Å². The molecule has 0 spiro atoms. The van der Waals surface area contributed by atoms with Crippen LogP contribution in [0.3, 0.4) is 0 Å². The number of hydrogen-bond donors (Lipinski definition) is 2. The van der Waals surface area contributed by atoms with E-state index in [4.69, 9.17) is 0 Å². The van der Waals surface area contributed by atoms with Gasteiger partial charge in [-0.3, -0.25) is 4.79 Å². The molecule has 0 bridgehead atoms. The standard InChI is InChI=1S/C24H25F3N6O3S/c1-15-12-23(2,3)33(14-15)21-17(6-5-11-28-21)22(34)32-37(35,36)20-8-4-7-19(31-20)30-16-9-10-18(29-13-16)24(25,26)27/h4-11,13,15H,12,14H2,1-3H3,(H,30,31)(H,32,34). The highest BCUT2D eigenvalue weighted by Gasteiger charge is 2.39. The number of nitrogens with zero attached hydrogens (tertiary/aromatic N) is 4. The van der Waals surface area contributed by atoms with Crippen molar-refractivity contribution in [2.24, 2.45) is 5.92 Å². The van der Waals surface area contributed by atoms with Crippen LogP contribution in [0.1, 0.15) is 43.2 Å². The molecule has 0 aromatic carbocycles. The molecule has 1 atom stereocenters. The summed E-state index contributed by atoms with van der Waals surface area (Å²) in [6, 6.07) is 9.00. The van der Waals surface area contributed by atoms with Gasteiger partial charge in [0.1, 0.15) is 17.3 Å². The average Bonchev–Trinajstić information content (AvgIpc) is 3.10. The SMILES string of the molecule is CC1CN(c2ncccc2C(=O)NS(=O)(=O)c2cccc(Nc3ccc(C(F)(F)F)nc3)n2)C(C)(C)C1. The lowest BCUT2D eigenvalue weighted by Gasteiger charge is -2.33. The number of sulfonamides is 1. The Morgan fingerprint density at radius 1 is 1.11 bits per heavy atom. The maximum atomic E-state index is 13.1. The van der Waals surface area contributed by atoms with Crippen LogP contribution in [0, 0.1) is 5.92 Å². The van der Waals surface area contributed by atoms with Crippen LogP contribution in [0.5, 0.6) is 0 Å². The maximum Gasteiger partial charge on any atom is 0.433 e. The molecule has 0 saturated carbocycles. The summed E-state index contributed by atoms with van der Waals surface area (Å²) < 4.78 is 66.2. The predicted octanol–water partition coefficient (Wildman–Crippen LogP) is 4.38. The van der Waals surface area contributed by atoms with Crippen molar-refractivity contribution >= 4 is 33.3 Å². The van der Waals surface area contributed by atoms with Crippen LogP contribution in [-0.2, 0) is 16.2 Å². The third-order valence-electron chi connectivity index (χ3n) is 5.91. The molecule has 196 valence electrons. The van der Waals surface area contributed by atoms with E-state index in [0.29, 0.717) is 18.3 Å². The first-order valence-electron chi connectivity index (χ1n) is 11.3. The molecule has 9 nitrogen and oxygen atoms in total. The number of amides is 1. The highest BCUT2D eigenvalue weighted by Crippen LogP contribution is 2.37. The van der Waals surface area contributed by atoms with Gasteiger partial charge in [0.25, 0.3) is 15.9 Å². The molecule has 1 aliphatic heterocycles. The normalized spacial score (nSPS) is 17.5. The Bertz CT molecular complexity index is 1410. The van der Waals surface area contributed by atoms with Crippen molar-refractivity contribution < 1.29 is 26.4 Å². The quantitative estimate of drug-likeness (QED) is 0.479. The Morgan fingerprint density at radius 3 is 2.49 bits per heavy atom. The smallest absolute Gasteiger partial charge is 0.351 e. The van der Waals surface area contributed by atoms with Gasteiger partial charge in [0.05, 0.1) is 17.4 Å². The summed E-state index contributed by atoms with van der Waals surface area (Å²) in [7, 11) is -4.39. The van der Waals surface area contributed by atoms with Gasteiger partial charge >= 0.3 is 6.18 Å². The topological polar surface area (TPSA) is 117 Å². The van der Waals surface area contributed by atoms with Crippen molar-refractivity contribution in [2.75, 3.05) is 16.8 Å². The number of pyridine rings is 3. The van der Waals surface area contributed by atoms with Crippen LogP contribution in [-0.4, -0.2) is 41.4 Å². The van der Waals surface area contributed by atoms with Crippen molar-refractivity contribution in [3.8, 4) is 0 Å². The zero-order valence-electron chi connectivity index (χ0n) is 20.2.